The van der Waals surface area contributed by atoms with Crippen molar-refractivity contribution in [1.82, 2.24) is 4.90 Å². The van der Waals surface area contributed by atoms with Gasteiger partial charge in [-0.2, -0.15) is 0 Å². The molecule has 1 nitrogen and oxygen atoms in total. The van der Waals surface area contributed by atoms with Gasteiger partial charge in [0.2, 0.25) is 0 Å². The molecule has 0 aromatic carbocycles. The van der Waals surface area contributed by atoms with Crippen LogP contribution in [0, 0.1) is 0 Å². The highest BCUT2D eigenvalue weighted by atomic mass is 15.1. The van der Waals surface area contributed by atoms with Gasteiger partial charge in [-0.3, -0.25) is 0 Å². The summed E-state index contributed by atoms with van der Waals surface area (Å²) in [5, 5.41) is 0. The largest absolute Gasteiger partial charge is 0.302 e. The Hall–Kier alpha value is -0.300. The number of hydrogen-bond acceptors (Lipinski definition) is 1. The molecule has 0 bridgehead atoms. The smallest absolute Gasteiger partial charge is 0.00382 e. The van der Waals surface area contributed by atoms with Gasteiger partial charge in [0, 0.05) is 12.1 Å². The van der Waals surface area contributed by atoms with Crippen LogP contribution in [0.25, 0.3) is 0 Å². The Balaban J connectivity index is -0.000000169. The quantitative estimate of drug-likeness (QED) is 0.592. The Bertz CT molecular complexity index is 77.1. The number of hydrogen-bond donors (Lipinski definition) is 0. The molecule has 0 saturated carbocycles. The second-order valence-corrected chi connectivity index (χ2v) is 3.26. The Labute approximate surface area is 85.8 Å². The Morgan fingerprint density at radius 1 is 1.00 bits per heavy atom. The second-order valence-electron chi connectivity index (χ2n) is 3.26. The lowest BCUT2D eigenvalue weighted by atomic mass is 10.3. The number of allylic oxidation sites excluding steroid dienone is 1. The standard InChI is InChI=1S/C7H17N.C3H6.C2H6/c1-6(2)8(5)7(3)4;1-3-2;1-2/h6-7H,1-5H3;3H,1H2,2H3;1-2H3. The number of nitrogens with zero attached hydrogens (tertiary/aromatic N) is 1. The zero-order valence-corrected chi connectivity index (χ0v) is 10.9. The lowest BCUT2D eigenvalue weighted by molar-refractivity contribution is 0.222. The topological polar surface area (TPSA) is 3.24 Å². The number of rotatable bonds is 2. The lowest BCUT2D eigenvalue weighted by Crippen LogP contribution is -2.32. The van der Waals surface area contributed by atoms with Crippen molar-refractivity contribution in [3.05, 3.63) is 12.7 Å². The fraction of sp³-hybridized carbons (Fsp3) is 0.833. The van der Waals surface area contributed by atoms with Crippen LogP contribution < -0.4 is 0 Å². The third-order valence-corrected chi connectivity index (χ3v) is 1.63. The predicted octanol–water partition coefficient (Wildman–Crippen LogP) is 3.95. The van der Waals surface area contributed by atoms with Crippen LogP contribution in [-0.2, 0) is 0 Å². The van der Waals surface area contributed by atoms with Gasteiger partial charge in [-0.05, 0) is 41.7 Å². The molecule has 0 atom stereocenters. The van der Waals surface area contributed by atoms with Crippen LogP contribution in [0.2, 0.25) is 0 Å². The summed E-state index contributed by atoms with van der Waals surface area (Å²) in [6, 6.07) is 1.35. The second kappa shape index (κ2) is 14.2. The molecule has 13 heavy (non-hydrogen) atoms. The summed E-state index contributed by atoms with van der Waals surface area (Å²) in [6.07, 6.45) is 1.75. The van der Waals surface area contributed by atoms with Crippen molar-refractivity contribution in [3.63, 3.8) is 0 Å². The maximum Gasteiger partial charge on any atom is 0.00382 e. The van der Waals surface area contributed by atoms with Crippen LogP contribution >= 0.6 is 0 Å². The van der Waals surface area contributed by atoms with Crippen molar-refractivity contribution >= 4 is 0 Å². The van der Waals surface area contributed by atoms with Gasteiger partial charge in [-0.1, -0.05) is 19.9 Å². The van der Waals surface area contributed by atoms with E-state index in [1.165, 1.54) is 0 Å². The van der Waals surface area contributed by atoms with E-state index in [1.54, 1.807) is 6.08 Å². The molecule has 0 aliphatic heterocycles. The van der Waals surface area contributed by atoms with Crippen LogP contribution in [0.1, 0.15) is 48.5 Å². The minimum atomic E-state index is 0.676. The summed E-state index contributed by atoms with van der Waals surface area (Å²) < 4.78 is 0. The van der Waals surface area contributed by atoms with E-state index in [-0.39, 0.29) is 0 Å². The van der Waals surface area contributed by atoms with E-state index in [0.717, 1.165) is 0 Å². The van der Waals surface area contributed by atoms with Crippen LogP contribution in [0.3, 0.4) is 0 Å². The minimum Gasteiger partial charge on any atom is -0.302 e. The molecular formula is C12H29N. The molecule has 82 valence electrons. The van der Waals surface area contributed by atoms with Crippen LogP contribution in [-0.4, -0.2) is 24.0 Å². The van der Waals surface area contributed by atoms with E-state index < -0.39 is 0 Å². The van der Waals surface area contributed by atoms with Crippen molar-refractivity contribution in [3.8, 4) is 0 Å². The summed E-state index contributed by atoms with van der Waals surface area (Å²) in [5.41, 5.74) is 0. The highest BCUT2D eigenvalue weighted by Gasteiger charge is 2.04. The molecule has 0 heterocycles. The van der Waals surface area contributed by atoms with Crippen LogP contribution in [0.5, 0.6) is 0 Å². The molecule has 0 rings (SSSR count). The molecule has 0 amide bonds. The molecular weight excluding hydrogens is 158 g/mol. The Kier molecular flexibility index (Phi) is 20.2. The first-order valence-corrected chi connectivity index (χ1v) is 5.26. The van der Waals surface area contributed by atoms with Crippen LogP contribution in [0.4, 0.5) is 0 Å². The Morgan fingerprint density at radius 3 is 1.15 bits per heavy atom. The SMILES string of the molecule is C=CC.CC.CC(C)N(C)C(C)C. The van der Waals surface area contributed by atoms with E-state index in [1.807, 2.05) is 20.8 Å². The van der Waals surface area contributed by atoms with Gasteiger partial charge in [0.05, 0.1) is 0 Å². The zero-order chi connectivity index (χ0) is 11.4. The Morgan fingerprint density at radius 2 is 1.15 bits per heavy atom. The van der Waals surface area contributed by atoms with Crippen LogP contribution in [0.15, 0.2) is 12.7 Å². The van der Waals surface area contributed by atoms with E-state index in [2.05, 4.69) is 46.2 Å². The molecule has 1 heteroatoms. The van der Waals surface area contributed by atoms with E-state index >= 15 is 0 Å². The normalized spacial score (nSPS) is 8.85. The van der Waals surface area contributed by atoms with Gasteiger partial charge in [0.15, 0.2) is 0 Å². The van der Waals surface area contributed by atoms with Crippen molar-refractivity contribution in [2.45, 2.75) is 60.5 Å². The highest BCUT2D eigenvalue weighted by Crippen LogP contribution is 1.98. The molecule has 0 aliphatic rings. The van der Waals surface area contributed by atoms with Crippen molar-refractivity contribution in [2.24, 2.45) is 0 Å². The molecule has 0 unspecified atom stereocenters. The summed E-state index contributed by atoms with van der Waals surface area (Å²) in [6.45, 7) is 18.1. The summed E-state index contributed by atoms with van der Waals surface area (Å²) >= 11 is 0. The molecule has 0 spiro atoms. The fourth-order valence-corrected chi connectivity index (χ4v) is 0.596. The van der Waals surface area contributed by atoms with Gasteiger partial charge < -0.3 is 4.90 Å². The molecule has 0 saturated heterocycles. The van der Waals surface area contributed by atoms with Gasteiger partial charge >= 0.3 is 0 Å². The van der Waals surface area contributed by atoms with Crippen molar-refractivity contribution < 1.29 is 0 Å². The van der Waals surface area contributed by atoms with Gasteiger partial charge in [-0.15, -0.1) is 6.58 Å². The molecule has 0 aliphatic carbocycles. The maximum absolute atomic E-state index is 3.36. The van der Waals surface area contributed by atoms with Crippen molar-refractivity contribution in [1.29, 1.82) is 0 Å². The van der Waals surface area contributed by atoms with E-state index in [4.69, 9.17) is 0 Å². The summed E-state index contributed by atoms with van der Waals surface area (Å²) in [4.78, 5) is 2.33. The van der Waals surface area contributed by atoms with E-state index in [9.17, 15) is 0 Å². The minimum absolute atomic E-state index is 0.676. The summed E-state index contributed by atoms with van der Waals surface area (Å²) in [5.74, 6) is 0. The highest BCUT2D eigenvalue weighted by molar-refractivity contribution is 4.60. The first-order chi connectivity index (χ1) is 5.97. The molecule has 0 N–H and O–H groups in total. The van der Waals surface area contributed by atoms with E-state index in [0.29, 0.717) is 12.1 Å². The average molecular weight is 187 g/mol. The van der Waals surface area contributed by atoms with Gasteiger partial charge in [0.25, 0.3) is 0 Å². The zero-order valence-electron chi connectivity index (χ0n) is 10.9. The first-order valence-electron chi connectivity index (χ1n) is 5.26. The molecule has 0 aromatic rings. The van der Waals surface area contributed by atoms with Crippen molar-refractivity contribution in [2.75, 3.05) is 7.05 Å². The third kappa shape index (κ3) is 18.6. The third-order valence-electron chi connectivity index (χ3n) is 1.63. The fourth-order valence-electron chi connectivity index (χ4n) is 0.596. The summed E-state index contributed by atoms with van der Waals surface area (Å²) in [7, 11) is 2.15. The molecule has 0 fully saturated rings. The predicted molar refractivity (Wildman–Crippen MR) is 65.3 cm³/mol. The van der Waals surface area contributed by atoms with Gasteiger partial charge in [0.1, 0.15) is 0 Å². The lowest BCUT2D eigenvalue weighted by Gasteiger charge is -2.24. The maximum atomic E-state index is 3.36. The average Bonchev–Trinajstić information content (AvgIpc) is 2.08. The molecule has 0 aromatic heterocycles. The van der Waals surface area contributed by atoms with Gasteiger partial charge in [-0.25, -0.2) is 0 Å². The first kappa shape index (κ1) is 18.5. The molecule has 0 radical (unpaired) electrons. The monoisotopic (exact) mass is 187 g/mol.